The van der Waals surface area contributed by atoms with Gasteiger partial charge in [-0.25, -0.2) is 8.42 Å². The predicted molar refractivity (Wildman–Crippen MR) is 123 cm³/mol. The molecule has 0 atom stereocenters. The third kappa shape index (κ3) is 6.70. The van der Waals surface area contributed by atoms with E-state index in [9.17, 15) is 13.2 Å². The Morgan fingerprint density at radius 3 is 2.39 bits per heavy atom. The number of aryl methyl sites for hydroxylation is 1. The van der Waals surface area contributed by atoms with Crippen LogP contribution in [0, 0.1) is 6.92 Å². The van der Waals surface area contributed by atoms with Crippen LogP contribution in [0.15, 0.2) is 48.5 Å². The second kappa shape index (κ2) is 10.2. The first kappa shape index (κ1) is 23.1. The second-order valence-electron chi connectivity index (χ2n) is 8.10. The van der Waals surface area contributed by atoms with Gasteiger partial charge in [0.05, 0.1) is 11.9 Å². The van der Waals surface area contributed by atoms with Gasteiger partial charge >= 0.3 is 0 Å². The molecule has 1 aliphatic heterocycles. The molecule has 8 heteroatoms. The first-order chi connectivity index (χ1) is 14.7. The molecule has 0 saturated carbocycles. The van der Waals surface area contributed by atoms with Crippen LogP contribution in [-0.2, 0) is 21.4 Å². The maximum absolute atomic E-state index is 12.5. The number of likely N-dealkylation sites (tertiary alicyclic amines) is 1. The van der Waals surface area contributed by atoms with Crippen molar-refractivity contribution in [2.45, 2.75) is 32.4 Å². The number of sulfonamides is 1. The summed E-state index contributed by atoms with van der Waals surface area (Å²) < 4.78 is 31.7. The quantitative estimate of drug-likeness (QED) is 0.676. The van der Waals surface area contributed by atoms with E-state index in [1.807, 2.05) is 43.3 Å². The molecule has 0 unspecified atom stereocenters. The van der Waals surface area contributed by atoms with E-state index < -0.39 is 10.0 Å². The Bertz CT molecular complexity index is 984. The van der Waals surface area contributed by atoms with Gasteiger partial charge in [0.2, 0.25) is 15.9 Å². The Kier molecular flexibility index (Phi) is 7.56. The molecule has 1 saturated heterocycles. The van der Waals surface area contributed by atoms with Crippen molar-refractivity contribution in [1.29, 1.82) is 0 Å². The van der Waals surface area contributed by atoms with Crippen LogP contribution in [0.25, 0.3) is 0 Å². The number of nitrogens with one attached hydrogen (secondary N) is 1. The summed E-state index contributed by atoms with van der Waals surface area (Å²) in [6, 6.07) is 14.8. The van der Waals surface area contributed by atoms with E-state index >= 15 is 0 Å². The Labute approximate surface area is 185 Å². The molecule has 2 aromatic carbocycles. The average Bonchev–Trinajstić information content (AvgIpc) is 2.73. The highest BCUT2D eigenvalue weighted by Crippen LogP contribution is 2.22. The molecule has 0 spiro atoms. The van der Waals surface area contributed by atoms with Crippen LogP contribution < -0.4 is 14.4 Å². The molecule has 1 fully saturated rings. The molecule has 1 N–H and O–H groups in total. The Morgan fingerprint density at radius 1 is 1.13 bits per heavy atom. The summed E-state index contributed by atoms with van der Waals surface area (Å²) in [4.78, 5) is 14.8. The number of hydrogen-bond donors (Lipinski definition) is 1. The number of ether oxygens (including phenoxy) is 1. The maximum Gasteiger partial charge on any atom is 0.241 e. The molecule has 3 rings (SSSR count). The smallest absolute Gasteiger partial charge is 0.241 e. The first-order valence-electron chi connectivity index (χ1n) is 10.5. The normalized spacial score (nSPS) is 15.5. The monoisotopic (exact) mass is 445 g/mol. The maximum atomic E-state index is 12.5. The number of amides is 1. The minimum atomic E-state index is -3.59. The number of piperidine rings is 1. The fourth-order valence-corrected chi connectivity index (χ4v) is 4.51. The third-order valence-electron chi connectivity index (χ3n) is 5.45. The van der Waals surface area contributed by atoms with E-state index in [1.54, 1.807) is 12.1 Å². The summed E-state index contributed by atoms with van der Waals surface area (Å²) >= 11 is 0. The van der Waals surface area contributed by atoms with E-state index in [2.05, 4.69) is 17.3 Å². The summed E-state index contributed by atoms with van der Waals surface area (Å²) in [5, 5.41) is 2.81. The van der Waals surface area contributed by atoms with Gasteiger partial charge in [-0.3, -0.25) is 9.10 Å². The van der Waals surface area contributed by atoms with Crippen LogP contribution in [-0.4, -0.2) is 58.3 Å². The molecule has 0 aliphatic carbocycles. The van der Waals surface area contributed by atoms with Crippen LogP contribution in [0.1, 0.15) is 24.0 Å². The van der Waals surface area contributed by atoms with Crippen molar-refractivity contribution in [1.82, 2.24) is 10.2 Å². The molecule has 168 valence electrons. The van der Waals surface area contributed by atoms with Gasteiger partial charge in [-0.15, -0.1) is 0 Å². The Hall–Kier alpha value is -2.58. The van der Waals surface area contributed by atoms with Gasteiger partial charge in [0, 0.05) is 19.6 Å². The zero-order chi connectivity index (χ0) is 22.4. The summed E-state index contributed by atoms with van der Waals surface area (Å²) in [6.45, 7) is 3.96. The van der Waals surface area contributed by atoms with Crippen molar-refractivity contribution in [3.8, 4) is 5.75 Å². The first-order valence-corrected chi connectivity index (χ1v) is 12.3. The molecular weight excluding hydrogens is 414 g/mol. The zero-order valence-electron chi connectivity index (χ0n) is 18.4. The summed E-state index contributed by atoms with van der Waals surface area (Å²) in [5.41, 5.74) is 2.22. The zero-order valence-corrected chi connectivity index (χ0v) is 19.2. The molecule has 0 bridgehead atoms. The van der Waals surface area contributed by atoms with Crippen LogP contribution in [0.5, 0.6) is 5.75 Å². The molecule has 0 aromatic heterocycles. The lowest BCUT2D eigenvalue weighted by molar-refractivity contribution is -0.119. The molecule has 0 radical (unpaired) electrons. The van der Waals surface area contributed by atoms with Crippen molar-refractivity contribution in [2.24, 2.45) is 0 Å². The topological polar surface area (TPSA) is 79.0 Å². The number of carbonyl (C=O) groups is 1. The van der Waals surface area contributed by atoms with Crippen LogP contribution in [0.4, 0.5) is 5.69 Å². The highest BCUT2D eigenvalue weighted by atomic mass is 32.2. The minimum Gasteiger partial charge on any atom is -0.490 e. The number of hydrogen-bond acceptors (Lipinski definition) is 5. The van der Waals surface area contributed by atoms with Gasteiger partial charge < -0.3 is 15.0 Å². The van der Waals surface area contributed by atoms with Crippen LogP contribution >= 0.6 is 0 Å². The molecule has 7 nitrogen and oxygen atoms in total. The van der Waals surface area contributed by atoms with Gasteiger partial charge in [0.25, 0.3) is 0 Å². The van der Waals surface area contributed by atoms with E-state index in [-0.39, 0.29) is 18.6 Å². The largest absolute Gasteiger partial charge is 0.490 e. The Morgan fingerprint density at radius 2 is 1.77 bits per heavy atom. The molecular formula is C23H31N3O4S. The number of rotatable bonds is 8. The van der Waals surface area contributed by atoms with Crippen molar-refractivity contribution in [3.05, 3.63) is 59.7 Å². The lowest BCUT2D eigenvalue weighted by atomic mass is 10.1. The lowest BCUT2D eigenvalue weighted by Crippen LogP contribution is -2.40. The Balaban J connectivity index is 1.54. The number of carbonyl (C=O) groups excluding carboxylic acids is 1. The van der Waals surface area contributed by atoms with E-state index in [0.717, 1.165) is 53.4 Å². The molecule has 1 heterocycles. The van der Waals surface area contributed by atoms with Crippen molar-refractivity contribution < 1.29 is 17.9 Å². The predicted octanol–water partition coefficient (Wildman–Crippen LogP) is 2.55. The third-order valence-corrected chi connectivity index (χ3v) is 6.58. The van der Waals surface area contributed by atoms with Crippen molar-refractivity contribution >= 4 is 21.6 Å². The van der Waals surface area contributed by atoms with Gasteiger partial charge in [-0.2, -0.15) is 0 Å². The van der Waals surface area contributed by atoms with Gasteiger partial charge in [-0.1, -0.05) is 30.3 Å². The summed E-state index contributed by atoms with van der Waals surface area (Å²) in [7, 11) is -1.47. The molecule has 1 amide bonds. The van der Waals surface area contributed by atoms with Gasteiger partial charge in [-0.05, 0) is 56.1 Å². The fraction of sp³-hybridized carbons (Fsp3) is 0.435. The van der Waals surface area contributed by atoms with Crippen molar-refractivity contribution in [2.75, 3.05) is 37.2 Å². The molecule has 31 heavy (non-hydrogen) atoms. The van der Waals surface area contributed by atoms with E-state index in [4.69, 9.17) is 4.74 Å². The summed E-state index contributed by atoms with van der Waals surface area (Å²) in [5.74, 6) is 0.466. The second-order valence-corrected chi connectivity index (χ2v) is 10.0. The van der Waals surface area contributed by atoms with Crippen LogP contribution in [0.2, 0.25) is 0 Å². The van der Waals surface area contributed by atoms with E-state index in [0.29, 0.717) is 12.2 Å². The SMILES string of the molecule is Cc1ccccc1N(CC(=O)NCc1ccc(OC2CCN(C)CC2)cc1)S(C)(=O)=O. The molecule has 1 aliphatic rings. The number of anilines is 1. The number of para-hydroxylation sites is 1. The molecule has 2 aromatic rings. The highest BCUT2D eigenvalue weighted by Gasteiger charge is 2.22. The van der Waals surface area contributed by atoms with Crippen LogP contribution in [0.3, 0.4) is 0 Å². The average molecular weight is 446 g/mol. The van der Waals surface area contributed by atoms with E-state index in [1.165, 1.54) is 0 Å². The number of benzene rings is 2. The lowest BCUT2D eigenvalue weighted by Gasteiger charge is -2.29. The minimum absolute atomic E-state index is 0.241. The fourth-order valence-electron chi connectivity index (χ4n) is 3.59. The van der Waals surface area contributed by atoms with Gasteiger partial charge in [0.1, 0.15) is 18.4 Å². The highest BCUT2D eigenvalue weighted by molar-refractivity contribution is 7.92. The number of nitrogens with zero attached hydrogens (tertiary/aromatic N) is 2. The van der Waals surface area contributed by atoms with Crippen molar-refractivity contribution in [3.63, 3.8) is 0 Å². The standard InChI is InChI=1S/C23H31N3O4S/c1-18-6-4-5-7-22(18)26(31(3,28)29)17-23(27)24-16-19-8-10-20(11-9-19)30-21-12-14-25(2)15-13-21/h4-11,21H,12-17H2,1-3H3,(H,24,27). The van der Waals surface area contributed by atoms with Gasteiger partial charge in [0.15, 0.2) is 0 Å². The summed E-state index contributed by atoms with van der Waals surface area (Å²) in [6.07, 6.45) is 3.39.